The van der Waals surface area contributed by atoms with Crippen molar-refractivity contribution in [1.29, 1.82) is 0 Å². The van der Waals surface area contributed by atoms with Gasteiger partial charge in [0.15, 0.2) is 5.82 Å². The fraction of sp³-hybridized carbons (Fsp3) is 0.233. The number of hydrogen-bond donors (Lipinski definition) is 5. The lowest BCUT2D eigenvalue weighted by atomic mass is 10.2. The molecule has 0 atom stereocenters. The lowest BCUT2D eigenvalue weighted by molar-refractivity contribution is -0.120. The molecule has 0 fully saturated rings. The van der Waals surface area contributed by atoms with Crippen LogP contribution in [-0.2, 0) is 25.9 Å². The maximum Gasteiger partial charge on any atom is 0.287 e. The molecule has 0 saturated carbocycles. The van der Waals surface area contributed by atoms with Gasteiger partial charge in [-0.3, -0.25) is 24.0 Å². The van der Waals surface area contributed by atoms with E-state index < -0.39 is 17.7 Å². The number of amides is 5. The van der Waals surface area contributed by atoms with E-state index >= 15 is 0 Å². The summed E-state index contributed by atoms with van der Waals surface area (Å²) in [5, 5.41) is 13.5. The van der Waals surface area contributed by atoms with Crippen LogP contribution in [0.25, 0.3) is 10.2 Å². The first kappa shape index (κ1) is 31.6. The van der Waals surface area contributed by atoms with Crippen LogP contribution in [0.15, 0.2) is 54.4 Å². The average Bonchev–Trinajstić information content (AvgIpc) is 3.81. The summed E-state index contributed by atoms with van der Waals surface area (Å²) in [5.74, 6) is -1.57. The number of fused-ring (bicyclic) bond motifs is 1. The van der Waals surface area contributed by atoms with Gasteiger partial charge in [-0.15, -0.1) is 11.3 Å². The minimum Gasteiger partial charge on any atom is -0.359 e. The van der Waals surface area contributed by atoms with Gasteiger partial charge in [0.2, 0.25) is 11.7 Å². The molecule has 5 aromatic rings. The SMILES string of the molecule is CNC(=O)CCCNC(=O)c1nc(NC(=O)c2cc(NC(=O)c3cc(NC(=O)c4ccc5scnc5c4)cn3C)cn2C)cn1C. The third kappa shape index (κ3) is 7.13. The molecule has 0 aliphatic heterocycles. The molecule has 5 rings (SSSR count). The minimum absolute atomic E-state index is 0.0914. The Hall–Kier alpha value is -5.77. The third-order valence-electron chi connectivity index (χ3n) is 7.05. The van der Waals surface area contributed by atoms with Gasteiger partial charge in [0.1, 0.15) is 11.4 Å². The Morgan fingerprint density at radius 2 is 1.43 bits per heavy atom. The summed E-state index contributed by atoms with van der Waals surface area (Å²) in [6.07, 6.45) is 5.48. The number of anilines is 3. The quantitative estimate of drug-likeness (QED) is 0.137. The van der Waals surface area contributed by atoms with Crippen molar-refractivity contribution in [2.24, 2.45) is 21.1 Å². The first-order valence-electron chi connectivity index (χ1n) is 14.1. The van der Waals surface area contributed by atoms with E-state index in [1.165, 1.54) is 28.2 Å². The normalized spacial score (nSPS) is 10.9. The van der Waals surface area contributed by atoms with Crippen LogP contribution in [0.4, 0.5) is 17.2 Å². The molecule has 16 heteroatoms. The van der Waals surface area contributed by atoms with Crippen molar-refractivity contribution < 1.29 is 24.0 Å². The van der Waals surface area contributed by atoms with Gasteiger partial charge in [-0.05, 0) is 36.8 Å². The van der Waals surface area contributed by atoms with Crippen LogP contribution < -0.4 is 26.6 Å². The molecule has 0 aliphatic rings. The lowest BCUT2D eigenvalue weighted by Crippen LogP contribution is -2.28. The largest absolute Gasteiger partial charge is 0.359 e. The topological polar surface area (TPSA) is 186 Å². The summed E-state index contributed by atoms with van der Waals surface area (Å²) in [6.45, 7) is 0.293. The van der Waals surface area contributed by atoms with E-state index in [0.717, 1.165) is 10.2 Å². The number of nitrogens with zero attached hydrogens (tertiary/aromatic N) is 5. The molecule has 0 bridgehead atoms. The number of aryl methyl sites for hydroxylation is 3. The van der Waals surface area contributed by atoms with Gasteiger partial charge < -0.3 is 40.3 Å². The molecule has 0 spiro atoms. The highest BCUT2D eigenvalue weighted by Gasteiger charge is 2.20. The zero-order chi connectivity index (χ0) is 33.0. The summed E-state index contributed by atoms with van der Waals surface area (Å²) in [7, 11) is 6.51. The van der Waals surface area contributed by atoms with E-state index in [1.54, 1.807) is 73.4 Å². The fourth-order valence-corrected chi connectivity index (χ4v) is 5.35. The fourth-order valence-electron chi connectivity index (χ4n) is 4.69. The Balaban J connectivity index is 1.18. The molecule has 4 aromatic heterocycles. The zero-order valence-electron chi connectivity index (χ0n) is 25.5. The van der Waals surface area contributed by atoms with Gasteiger partial charge in [0.05, 0.1) is 27.1 Å². The van der Waals surface area contributed by atoms with Crippen LogP contribution in [0.3, 0.4) is 0 Å². The lowest BCUT2D eigenvalue weighted by Gasteiger charge is -2.04. The Labute approximate surface area is 267 Å². The van der Waals surface area contributed by atoms with Crippen molar-refractivity contribution >= 4 is 68.3 Å². The van der Waals surface area contributed by atoms with Gasteiger partial charge in [-0.25, -0.2) is 9.97 Å². The standard InChI is InChI=1S/C30H32N10O5S/c1-31-25(41)6-5-9-32-30(45)26-36-24(15-40(26)4)37-29(44)22-12-19(14-39(22)3)35-28(43)21-11-18(13-38(21)2)34-27(42)17-7-8-23-20(10-17)33-16-46-23/h7-8,10-16H,5-6,9H2,1-4H3,(H,31,41)(H,32,45)(H,34,42)(H,35,43)(H,37,44). The second-order valence-electron chi connectivity index (χ2n) is 10.4. The summed E-state index contributed by atoms with van der Waals surface area (Å²) in [4.78, 5) is 71.3. The third-order valence-corrected chi connectivity index (χ3v) is 7.86. The molecule has 238 valence electrons. The van der Waals surface area contributed by atoms with Crippen molar-refractivity contribution in [3.05, 3.63) is 77.2 Å². The summed E-state index contributed by atoms with van der Waals surface area (Å²) in [6, 6.07) is 8.34. The van der Waals surface area contributed by atoms with E-state index in [0.29, 0.717) is 29.9 Å². The number of benzene rings is 1. The highest BCUT2D eigenvalue weighted by Crippen LogP contribution is 2.22. The predicted molar refractivity (Wildman–Crippen MR) is 173 cm³/mol. The molecule has 5 N–H and O–H groups in total. The molecule has 0 unspecified atom stereocenters. The van der Waals surface area contributed by atoms with Crippen molar-refractivity contribution in [2.75, 3.05) is 29.5 Å². The monoisotopic (exact) mass is 644 g/mol. The van der Waals surface area contributed by atoms with Gasteiger partial charge in [-0.1, -0.05) is 0 Å². The van der Waals surface area contributed by atoms with Gasteiger partial charge in [-0.2, -0.15) is 0 Å². The molecule has 46 heavy (non-hydrogen) atoms. The van der Waals surface area contributed by atoms with Crippen molar-refractivity contribution in [3.8, 4) is 0 Å². The Kier molecular flexibility index (Phi) is 9.27. The molecule has 1 aromatic carbocycles. The summed E-state index contributed by atoms with van der Waals surface area (Å²) in [5.41, 5.74) is 4.24. The number of hydrogen-bond acceptors (Lipinski definition) is 8. The van der Waals surface area contributed by atoms with Gasteiger partial charge in [0.25, 0.3) is 23.6 Å². The van der Waals surface area contributed by atoms with E-state index in [1.807, 2.05) is 6.07 Å². The second-order valence-corrected chi connectivity index (χ2v) is 11.3. The molecular weight excluding hydrogens is 612 g/mol. The number of carbonyl (C=O) groups excluding carboxylic acids is 5. The van der Waals surface area contributed by atoms with Crippen molar-refractivity contribution in [1.82, 2.24) is 34.3 Å². The van der Waals surface area contributed by atoms with Crippen LogP contribution >= 0.6 is 11.3 Å². The van der Waals surface area contributed by atoms with Crippen molar-refractivity contribution in [2.45, 2.75) is 12.8 Å². The number of nitrogens with one attached hydrogen (secondary N) is 5. The molecule has 0 saturated heterocycles. The Morgan fingerprint density at radius 1 is 0.783 bits per heavy atom. The van der Waals surface area contributed by atoms with Crippen LogP contribution in [0.2, 0.25) is 0 Å². The Morgan fingerprint density at radius 3 is 2.11 bits per heavy atom. The van der Waals surface area contributed by atoms with Crippen LogP contribution in [-0.4, -0.2) is 66.8 Å². The van der Waals surface area contributed by atoms with E-state index in [2.05, 4.69) is 36.6 Å². The average molecular weight is 645 g/mol. The minimum atomic E-state index is -0.502. The maximum absolute atomic E-state index is 13.1. The summed E-state index contributed by atoms with van der Waals surface area (Å²) >= 11 is 1.49. The number of carbonyl (C=O) groups is 5. The van der Waals surface area contributed by atoms with Gasteiger partial charge >= 0.3 is 0 Å². The Bertz CT molecular complexity index is 1970. The zero-order valence-corrected chi connectivity index (χ0v) is 26.3. The number of imidazole rings is 1. The molecule has 4 heterocycles. The van der Waals surface area contributed by atoms with Crippen molar-refractivity contribution in [3.63, 3.8) is 0 Å². The van der Waals surface area contributed by atoms with Crippen LogP contribution in [0.1, 0.15) is 54.8 Å². The predicted octanol–water partition coefficient (Wildman–Crippen LogP) is 2.72. The van der Waals surface area contributed by atoms with E-state index in [-0.39, 0.29) is 41.3 Å². The van der Waals surface area contributed by atoms with Crippen LogP contribution in [0.5, 0.6) is 0 Å². The van der Waals surface area contributed by atoms with Crippen LogP contribution in [0, 0.1) is 0 Å². The molecule has 5 amide bonds. The van der Waals surface area contributed by atoms with E-state index in [4.69, 9.17) is 0 Å². The smallest absolute Gasteiger partial charge is 0.287 e. The number of aromatic nitrogens is 5. The molecule has 0 radical (unpaired) electrons. The van der Waals surface area contributed by atoms with E-state index in [9.17, 15) is 24.0 Å². The van der Waals surface area contributed by atoms with Gasteiger partial charge in [0, 0.05) is 65.3 Å². The number of rotatable bonds is 11. The summed E-state index contributed by atoms with van der Waals surface area (Å²) < 4.78 is 5.59. The first-order chi connectivity index (χ1) is 22.0. The highest BCUT2D eigenvalue weighted by atomic mass is 32.1. The molecule has 0 aliphatic carbocycles. The highest BCUT2D eigenvalue weighted by molar-refractivity contribution is 7.16. The number of thiazole rings is 1. The first-order valence-corrected chi connectivity index (χ1v) is 15.0. The maximum atomic E-state index is 13.1. The molecule has 15 nitrogen and oxygen atoms in total. The second kappa shape index (κ2) is 13.5. The molecular formula is C30H32N10O5S.